The molecular weight excluding hydrogens is 303 g/mol. The van der Waals surface area contributed by atoms with Gasteiger partial charge in [-0.2, -0.15) is 0 Å². The SMILES string of the molecule is CCC1(C)Cc2ccccc2C(c2ccncc2)=N1.Cl.Cl. The van der Waals surface area contributed by atoms with Gasteiger partial charge in [0.2, 0.25) is 0 Å². The largest absolute Gasteiger partial charge is 0.277 e. The number of hydrogen-bond acceptors (Lipinski definition) is 2. The lowest BCUT2D eigenvalue weighted by molar-refractivity contribution is 0.448. The molecule has 2 aromatic rings. The van der Waals surface area contributed by atoms with E-state index in [2.05, 4.69) is 43.1 Å². The second kappa shape index (κ2) is 7.06. The van der Waals surface area contributed by atoms with E-state index in [4.69, 9.17) is 4.99 Å². The van der Waals surface area contributed by atoms with Crippen molar-refractivity contribution in [2.45, 2.75) is 32.2 Å². The number of halogens is 2. The van der Waals surface area contributed by atoms with Gasteiger partial charge in [-0.1, -0.05) is 31.2 Å². The number of rotatable bonds is 2. The minimum atomic E-state index is 0. The number of aromatic nitrogens is 1. The fourth-order valence-electron chi connectivity index (χ4n) is 2.62. The lowest BCUT2D eigenvalue weighted by Gasteiger charge is -2.31. The first-order valence-electron chi connectivity index (χ1n) is 6.80. The molecule has 0 spiro atoms. The molecule has 3 rings (SSSR count). The Balaban J connectivity index is 0.00000110. The molecule has 1 aliphatic rings. The zero-order chi connectivity index (χ0) is 13.3. The van der Waals surface area contributed by atoms with Crippen molar-refractivity contribution < 1.29 is 0 Å². The molecule has 1 aromatic carbocycles. The van der Waals surface area contributed by atoms with E-state index >= 15 is 0 Å². The Morgan fingerprint density at radius 1 is 1.05 bits per heavy atom. The summed E-state index contributed by atoms with van der Waals surface area (Å²) in [4.78, 5) is 9.13. The molecule has 0 N–H and O–H groups in total. The Labute approximate surface area is 138 Å². The molecule has 2 nitrogen and oxygen atoms in total. The molecule has 1 aromatic heterocycles. The average molecular weight is 323 g/mol. The van der Waals surface area contributed by atoms with Crippen LogP contribution in [0.3, 0.4) is 0 Å². The van der Waals surface area contributed by atoms with Gasteiger partial charge in [0, 0.05) is 23.5 Å². The quantitative estimate of drug-likeness (QED) is 0.799. The van der Waals surface area contributed by atoms with E-state index in [0.29, 0.717) is 0 Å². The van der Waals surface area contributed by atoms with Crippen LogP contribution in [-0.2, 0) is 6.42 Å². The number of aliphatic imine (C=N–C) groups is 1. The Morgan fingerprint density at radius 3 is 2.38 bits per heavy atom. The third kappa shape index (κ3) is 3.45. The van der Waals surface area contributed by atoms with Gasteiger partial charge in [-0.05, 0) is 37.5 Å². The van der Waals surface area contributed by atoms with Crippen molar-refractivity contribution in [3.8, 4) is 0 Å². The topological polar surface area (TPSA) is 25.2 Å². The molecule has 0 fully saturated rings. The molecular formula is C17H20Cl2N2. The van der Waals surface area contributed by atoms with E-state index < -0.39 is 0 Å². The first kappa shape index (κ1) is 17.7. The molecule has 1 unspecified atom stereocenters. The number of benzene rings is 1. The summed E-state index contributed by atoms with van der Waals surface area (Å²) in [6, 6.07) is 12.7. The molecule has 112 valence electrons. The molecule has 21 heavy (non-hydrogen) atoms. The average Bonchev–Trinajstić information content (AvgIpc) is 2.47. The first-order valence-corrected chi connectivity index (χ1v) is 6.80. The predicted octanol–water partition coefficient (Wildman–Crippen LogP) is 4.49. The van der Waals surface area contributed by atoms with E-state index in [0.717, 1.165) is 24.1 Å². The standard InChI is InChI=1S/C17H18N2.2ClH/c1-3-17(2)12-14-6-4-5-7-15(14)16(19-17)13-8-10-18-11-9-13;;/h4-11H,3,12H2,1-2H3;2*1H. The zero-order valence-corrected chi connectivity index (χ0v) is 13.9. The van der Waals surface area contributed by atoms with E-state index in [9.17, 15) is 0 Å². The van der Waals surface area contributed by atoms with Crippen LogP contribution in [0.2, 0.25) is 0 Å². The molecule has 1 atom stereocenters. The Kier molecular flexibility index (Phi) is 5.94. The van der Waals surface area contributed by atoms with Gasteiger partial charge in [0.25, 0.3) is 0 Å². The third-order valence-electron chi connectivity index (χ3n) is 3.94. The summed E-state index contributed by atoms with van der Waals surface area (Å²) in [5.41, 5.74) is 4.93. The second-order valence-electron chi connectivity index (χ2n) is 5.38. The molecule has 1 aliphatic heterocycles. The van der Waals surface area contributed by atoms with Crippen molar-refractivity contribution in [3.63, 3.8) is 0 Å². The van der Waals surface area contributed by atoms with Crippen LogP contribution in [0.5, 0.6) is 0 Å². The highest BCUT2D eigenvalue weighted by Gasteiger charge is 2.29. The smallest absolute Gasteiger partial charge is 0.0729 e. The van der Waals surface area contributed by atoms with Gasteiger partial charge in [0.1, 0.15) is 0 Å². The molecule has 4 heteroatoms. The minimum Gasteiger partial charge on any atom is -0.277 e. The first-order chi connectivity index (χ1) is 9.22. The van der Waals surface area contributed by atoms with Gasteiger partial charge < -0.3 is 0 Å². The molecule has 0 radical (unpaired) electrons. The molecule has 0 bridgehead atoms. The zero-order valence-electron chi connectivity index (χ0n) is 12.2. The monoisotopic (exact) mass is 322 g/mol. The Bertz CT molecular complexity index is 626. The number of fused-ring (bicyclic) bond motifs is 1. The highest BCUT2D eigenvalue weighted by atomic mass is 35.5. The van der Waals surface area contributed by atoms with Crippen molar-refractivity contribution >= 4 is 30.5 Å². The molecule has 0 saturated carbocycles. The van der Waals surface area contributed by atoms with Crippen LogP contribution in [0.15, 0.2) is 53.8 Å². The van der Waals surface area contributed by atoms with Gasteiger partial charge in [0.05, 0.1) is 11.3 Å². The van der Waals surface area contributed by atoms with Crippen LogP contribution in [0.1, 0.15) is 37.0 Å². The second-order valence-corrected chi connectivity index (χ2v) is 5.38. The van der Waals surface area contributed by atoms with Gasteiger partial charge in [-0.25, -0.2) is 0 Å². The van der Waals surface area contributed by atoms with E-state index in [1.807, 2.05) is 24.5 Å². The fraction of sp³-hybridized carbons (Fsp3) is 0.294. The highest BCUT2D eigenvalue weighted by Crippen LogP contribution is 2.31. The van der Waals surface area contributed by atoms with E-state index in [-0.39, 0.29) is 30.4 Å². The van der Waals surface area contributed by atoms with Crippen LogP contribution in [0, 0.1) is 0 Å². The molecule has 0 amide bonds. The van der Waals surface area contributed by atoms with Crippen LogP contribution >= 0.6 is 24.8 Å². The van der Waals surface area contributed by atoms with Crippen molar-refractivity contribution in [1.29, 1.82) is 0 Å². The lowest BCUT2D eigenvalue weighted by atomic mass is 9.82. The molecule has 2 heterocycles. The highest BCUT2D eigenvalue weighted by molar-refractivity contribution is 6.14. The number of nitrogens with zero attached hydrogens (tertiary/aromatic N) is 2. The summed E-state index contributed by atoms with van der Waals surface area (Å²) in [5.74, 6) is 0. The van der Waals surface area contributed by atoms with Crippen molar-refractivity contribution in [2.75, 3.05) is 0 Å². The fourth-order valence-corrected chi connectivity index (χ4v) is 2.62. The van der Waals surface area contributed by atoms with Crippen LogP contribution in [0.25, 0.3) is 0 Å². The van der Waals surface area contributed by atoms with Crippen LogP contribution in [-0.4, -0.2) is 16.2 Å². The van der Waals surface area contributed by atoms with Gasteiger partial charge in [0.15, 0.2) is 0 Å². The summed E-state index contributed by atoms with van der Waals surface area (Å²) in [6.45, 7) is 4.45. The maximum atomic E-state index is 5.03. The van der Waals surface area contributed by atoms with Gasteiger partial charge in [-0.3, -0.25) is 9.98 Å². The van der Waals surface area contributed by atoms with Crippen molar-refractivity contribution in [1.82, 2.24) is 4.98 Å². The summed E-state index contributed by atoms with van der Waals surface area (Å²) < 4.78 is 0. The van der Waals surface area contributed by atoms with Crippen molar-refractivity contribution in [3.05, 3.63) is 65.5 Å². The minimum absolute atomic E-state index is 0. The normalized spacial score (nSPS) is 19.6. The maximum absolute atomic E-state index is 5.03. The summed E-state index contributed by atoms with van der Waals surface area (Å²) in [7, 11) is 0. The van der Waals surface area contributed by atoms with E-state index in [1.54, 1.807) is 0 Å². The Hall–Kier alpha value is -1.38. The molecule has 0 aliphatic carbocycles. The number of pyridine rings is 1. The molecule has 0 saturated heterocycles. The predicted molar refractivity (Wildman–Crippen MR) is 93.2 cm³/mol. The van der Waals surface area contributed by atoms with Crippen LogP contribution < -0.4 is 0 Å². The van der Waals surface area contributed by atoms with Gasteiger partial charge in [-0.15, -0.1) is 24.8 Å². The third-order valence-corrected chi connectivity index (χ3v) is 3.94. The summed E-state index contributed by atoms with van der Waals surface area (Å²) in [6.07, 6.45) is 5.74. The summed E-state index contributed by atoms with van der Waals surface area (Å²) in [5, 5.41) is 0. The Morgan fingerprint density at radius 2 is 1.71 bits per heavy atom. The summed E-state index contributed by atoms with van der Waals surface area (Å²) >= 11 is 0. The van der Waals surface area contributed by atoms with Crippen LogP contribution in [0.4, 0.5) is 0 Å². The van der Waals surface area contributed by atoms with Gasteiger partial charge >= 0.3 is 0 Å². The lowest BCUT2D eigenvalue weighted by Crippen LogP contribution is -2.31. The van der Waals surface area contributed by atoms with E-state index in [1.165, 1.54) is 11.1 Å². The maximum Gasteiger partial charge on any atom is 0.0729 e. The van der Waals surface area contributed by atoms with Crippen molar-refractivity contribution in [2.24, 2.45) is 4.99 Å². The number of hydrogen-bond donors (Lipinski definition) is 0.